The molecule has 0 spiro atoms. The molecule has 0 aliphatic carbocycles. The van der Waals surface area contributed by atoms with Crippen LogP contribution >= 0.6 is 0 Å². The largest absolute Gasteiger partial charge is 0.380 e. The fourth-order valence-corrected chi connectivity index (χ4v) is 6.74. The maximum atomic E-state index is 6.20. The molecule has 0 saturated heterocycles. The van der Waals surface area contributed by atoms with E-state index in [1.807, 2.05) is 0 Å². The average molecular weight is 773 g/mol. The van der Waals surface area contributed by atoms with E-state index in [-0.39, 0.29) is 6.04 Å². The number of unbranched alkanes of at least 4 members (excludes halogenated alkanes) is 19. The van der Waals surface area contributed by atoms with Crippen LogP contribution in [0, 0.1) is 0 Å². The van der Waals surface area contributed by atoms with Crippen LogP contribution in [-0.2, 0) is 9.47 Å². The number of allylic oxidation sites excluding steroid dienone is 8. The second-order valence-electron chi connectivity index (χ2n) is 15.8. The van der Waals surface area contributed by atoms with E-state index in [0.29, 0.717) is 0 Å². The van der Waals surface area contributed by atoms with Crippen LogP contribution in [0.25, 0.3) is 0 Å². The van der Waals surface area contributed by atoms with E-state index in [9.17, 15) is 0 Å². The van der Waals surface area contributed by atoms with Gasteiger partial charge < -0.3 is 31.2 Å². The molecule has 0 fully saturated rings. The number of hydrogen-bond donors (Lipinski definition) is 3. The highest BCUT2D eigenvalue weighted by Crippen LogP contribution is 2.10. The van der Waals surface area contributed by atoms with E-state index in [1.165, 1.54) is 135 Å². The van der Waals surface area contributed by atoms with Gasteiger partial charge in [-0.1, -0.05) is 140 Å². The van der Waals surface area contributed by atoms with E-state index in [0.717, 1.165) is 111 Å². The maximum Gasteiger partial charge on any atom is 0.0642 e. The summed E-state index contributed by atoms with van der Waals surface area (Å²) in [5.74, 6) is 0. The van der Waals surface area contributed by atoms with Crippen molar-refractivity contribution in [2.45, 2.75) is 200 Å². The lowest BCUT2D eigenvalue weighted by atomic mass is 10.1. The Bertz CT molecular complexity index is 778. The Morgan fingerprint density at radius 2 is 0.836 bits per heavy atom. The van der Waals surface area contributed by atoms with Crippen molar-refractivity contribution >= 4 is 0 Å². The molecule has 0 aliphatic rings. The number of ether oxygens (including phenoxy) is 2. The minimum atomic E-state index is 0.254. The number of rotatable bonds is 46. The Balaban J connectivity index is 4.19. The van der Waals surface area contributed by atoms with Crippen molar-refractivity contribution in [3.8, 4) is 0 Å². The first-order valence-corrected chi connectivity index (χ1v) is 23.9. The Labute approximate surface area is 344 Å². The summed E-state index contributed by atoms with van der Waals surface area (Å²) in [6.45, 7) is 13.5. The number of nitrogens with two attached hydrogens (primary N) is 2. The van der Waals surface area contributed by atoms with Gasteiger partial charge in [0.05, 0.1) is 19.3 Å². The van der Waals surface area contributed by atoms with Gasteiger partial charge in [-0.2, -0.15) is 0 Å². The molecule has 0 aromatic rings. The molecule has 0 unspecified atom stereocenters. The summed E-state index contributed by atoms with van der Waals surface area (Å²) < 4.78 is 12.4. The highest BCUT2D eigenvalue weighted by molar-refractivity contribution is 4.93. The van der Waals surface area contributed by atoms with Gasteiger partial charge in [0.15, 0.2) is 0 Å². The molecule has 0 aromatic heterocycles. The molecule has 5 N–H and O–H groups in total. The molecular formula is C49H96N4O2. The fourth-order valence-electron chi connectivity index (χ4n) is 6.74. The summed E-state index contributed by atoms with van der Waals surface area (Å²) in [6.07, 6.45) is 53.8. The van der Waals surface area contributed by atoms with Crippen LogP contribution in [0.5, 0.6) is 0 Å². The summed E-state index contributed by atoms with van der Waals surface area (Å²) in [5, 5.41) is 3.77. The minimum absolute atomic E-state index is 0.254. The first-order valence-electron chi connectivity index (χ1n) is 23.9. The monoisotopic (exact) mass is 773 g/mol. The predicted octanol–water partition coefficient (Wildman–Crippen LogP) is 12.4. The SMILES string of the molecule is CCCCC/C=C\C/C=C\CCCCCCCCOCC(COCCCCCCCC/C=C\C/C=C\CCCCC)NCCCN(CCCN)CCCCN. The van der Waals surface area contributed by atoms with Gasteiger partial charge in [0.2, 0.25) is 0 Å². The third kappa shape index (κ3) is 45.3. The third-order valence-corrected chi connectivity index (χ3v) is 10.3. The molecule has 0 bridgehead atoms. The molecule has 0 amide bonds. The van der Waals surface area contributed by atoms with Gasteiger partial charge in [0, 0.05) is 13.2 Å². The standard InChI is InChI=1S/C49H96N4O2/c1-3-5-7-9-11-13-15-17-19-21-23-25-27-29-31-35-45-54-47-49(52-41-38-44-53(43-37-40-51)42-34-33-39-50)48-55-46-36-32-30-28-26-24-22-20-18-16-14-12-10-8-6-4-2/h11-14,17-20,49,52H,3-10,15-16,21-48,50-51H2,1-2H3/b13-11-,14-12-,19-17-,20-18-. The lowest BCUT2D eigenvalue weighted by Gasteiger charge is -2.23. The summed E-state index contributed by atoms with van der Waals surface area (Å²) in [5.41, 5.74) is 11.5. The summed E-state index contributed by atoms with van der Waals surface area (Å²) >= 11 is 0. The molecule has 0 saturated carbocycles. The van der Waals surface area contributed by atoms with E-state index >= 15 is 0 Å². The third-order valence-electron chi connectivity index (χ3n) is 10.3. The van der Waals surface area contributed by atoms with Crippen LogP contribution in [0.4, 0.5) is 0 Å². The van der Waals surface area contributed by atoms with Gasteiger partial charge in [-0.05, 0) is 142 Å². The van der Waals surface area contributed by atoms with Crippen molar-refractivity contribution < 1.29 is 9.47 Å². The van der Waals surface area contributed by atoms with Gasteiger partial charge in [-0.25, -0.2) is 0 Å². The molecule has 6 heteroatoms. The van der Waals surface area contributed by atoms with Crippen molar-refractivity contribution in [1.29, 1.82) is 0 Å². The lowest BCUT2D eigenvalue weighted by molar-refractivity contribution is 0.0526. The second-order valence-corrected chi connectivity index (χ2v) is 15.8. The number of nitrogens with one attached hydrogen (secondary N) is 1. The highest BCUT2D eigenvalue weighted by atomic mass is 16.5. The number of nitrogens with zero attached hydrogens (tertiary/aromatic N) is 1. The van der Waals surface area contributed by atoms with Crippen molar-refractivity contribution in [2.75, 3.05) is 65.7 Å². The van der Waals surface area contributed by atoms with Crippen molar-refractivity contribution in [3.63, 3.8) is 0 Å². The van der Waals surface area contributed by atoms with E-state index in [1.54, 1.807) is 0 Å². The van der Waals surface area contributed by atoms with Gasteiger partial charge in [-0.3, -0.25) is 0 Å². The van der Waals surface area contributed by atoms with Crippen LogP contribution in [0.1, 0.15) is 194 Å². The molecule has 6 nitrogen and oxygen atoms in total. The summed E-state index contributed by atoms with van der Waals surface area (Å²) in [6, 6.07) is 0.254. The van der Waals surface area contributed by atoms with Crippen LogP contribution in [0.3, 0.4) is 0 Å². The Morgan fingerprint density at radius 3 is 1.29 bits per heavy atom. The second kappa shape index (κ2) is 48.9. The Morgan fingerprint density at radius 1 is 0.436 bits per heavy atom. The predicted molar refractivity (Wildman–Crippen MR) is 245 cm³/mol. The molecule has 0 aromatic carbocycles. The molecule has 0 atom stereocenters. The quantitative estimate of drug-likeness (QED) is 0.0422. The smallest absolute Gasteiger partial charge is 0.0642 e. The van der Waals surface area contributed by atoms with Gasteiger partial charge in [0.1, 0.15) is 0 Å². The topological polar surface area (TPSA) is 85.8 Å². The molecule has 0 aliphatic heterocycles. The lowest BCUT2D eigenvalue weighted by Crippen LogP contribution is -2.39. The van der Waals surface area contributed by atoms with Gasteiger partial charge >= 0.3 is 0 Å². The zero-order valence-electron chi connectivity index (χ0n) is 37.0. The fraction of sp³-hybridized carbons (Fsp3) is 0.837. The molecule has 0 rings (SSSR count). The van der Waals surface area contributed by atoms with Crippen molar-refractivity contribution in [3.05, 3.63) is 48.6 Å². The van der Waals surface area contributed by atoms with Crippen LogP contribution < -0.4 is 16.8 Å². The Hall–Kier alpha value is -1.28. The van der Waals surface area contributed by atoms with Crippen molar-refractivity contribution in [1.82, 2.24) is 10.2 Å². The first kappa shape index (κ1) is 53.7. The summed E-state index contributed by atoms with van der Waals surface area (Å²) in [7, 11) is 0. The van der Waals surface area contributed by atoms with E-state index in [4.69, 9.17) is 20.9 Å². The normalized spacial score (nSPS) is 12.5. The maximum absolute atomic E-state index is 6.20. The average Bonchev–Trinajstić information content (AvgIpc) is 3.19. The summed E-state index contributed by atoms with van der Waals surface area (Å²) in [4.78, 5) is 2.56. The highest BCUT2D eigenvalue weighted by Gasteiger charge is 2.10. The Kier molecular flexibility index (Phi) is 47.7. The van der Waals surface area contributed by atoms with Gasteiger partial charge in [0.25, 0.3) is 0 Å². The van der Waals surface area contributed by atoms with E-state index in [2.05, 4.69) is 72.7 Å². The van der Waals surface area contributed by atoms with E-state index < -0.39 is 0 Å². The molecule has 324 valence electrons. The molecular weight excluding hydrogens is 677 g/mol. The van der Waals surface area contributed by atoms with Crippen molar-refractivity contribution in [2.24, 2.45) is 11.5 Å². The van der Waals surface area contributed by atoms with Crippen LogP contribution in [-0.4, -0.2) is 76.6 Å². The molecule has 0 radical (unpaired) electrons. The minimum Gasteiger partial charge on any atom is -0.380 e. The first-order chi connectivity index (χ1) is 27.3. The van der Waals surface area contributed by atoms with Gasteiger partial charge in [-0.15, -0.1) is 0 Å². The van der Waals surface area contributed by atoms with Crippen LogP contribution in [0.2, 0.25) is 0 Å². The molecule has 0 heterocycles. The zero-order valence-corrected chi connectivity index (χ0v) is 37.0. The molecule has 55 heavy (non-hydrogen) atoms. The zero-order chi connectivity index (χ0) is 39.8. The number of hydrogen-bond acceptors (Lipinski definition) is 6. The van der Waals surface area contributed by atoms with Crippen LogP contribution in [0.15, 0.2) is 48.6 Å².